The van der Waals surface area contributed by atoms with Crippen LogP contribution >= 0.6 is 0 Å². The van der Waals surface area contributed by atoms with Gasteiger partial charge in [0.15, 0.2) is 5.75 Å². The Hall–Kier alpha value is -5.05. The van der Waals surface area contributed by atoms with E-state index in [1.807, 2.05) is 0 Å². The van der Waals surface area contributed by atoms with Crippen molar-refractivity contribution >= 4 is 22.6 Å². The van der Waals surface area contributed by atoms with E-state index in [0.29, 0.717) is 56.5 Å². The number of halogens is 1. The average molecular weight is 511 g/mol. The fourth-order valence-electron chi connectivity index (χ4n) is 4.10. The van der Waals surface area contributed by atoms with Gasteiger partial charge < -0.3 is 19.9 Å². The van der Waals surface area contributed by atoms with Gasteiger partial charge in [-0.05, 0) is 67.4 Å². The van der Waals surface area contributed by atoms with Crippen molar-refractivity contribution in [3.63, 3.8) is 0 Å². The molecule has 190 valence electrons. The van der Waals surface area contributed by atoms with Gasteiger partial charge in [0, 0.05) is 35.8 Å². The van der Waals surface area contributed by atoms with Crippen molar-refractivity contribution in [1.82, 2.24) is 15.0 Å². The predicted octanol–water partition coefficient (Wildman–Crippen LogP) is 6.21. The number of ether oxygens (including phenoxy) is 2. The molecule has 0 saturated carbocycles. The molecule has 38 heavy (non-hydrogen) atoms. The highest BCUT2D eigenvalue weighted by Gasteiger charge is 2.21. The molecule has 2 N–H and O–H groups in total. The number of nitrogens with one attached hydrogen (secondary N) is 1. The molecule has 9 heteroatoms. The van der Waals surface area contributed by atoms with E-state index < -0.39 is 5.91 Å². The van der Waals surface area contributed by atoms with E-state index in [-0.39, 0.29) is 17.1 Å². The van der Waals surface area contributed by atoms with Gasteiger partial charge in [0.05, 0.1) is 18.3 Å². The van der Waals surface area contributed by atoms with Crippen LogP contribution < -0.4 is 14.8 Å². The van der Waals surface area contributed by atoms with E-state index in [2.05, 4.69) is 20.3 Å². The molecular weight excluding hydrogens is 487 g/mol. The largest absolute Gasteiger partial charge is 0.506 e. The number of hydrogen-bond acceptors (Lipinski definition) is 7. The molecule has 0 aliphatic heterocycles. The number of rotatable bonds is 6. The SMILES string of the molecule is COc1ccc2nccc(Oc3ccc(NC(=O)c4c(C)ncc(-c5ccc(F)cc5C)c4O)cc3)c2n1. The van der Waals surface area contributed by atoms with Gasteiger partial charge in [-0.1, -0.05) is 6.07 Å². The topological polar surface area (TPSA) is 106 Å². The maximum absolute atomic E-state index is 13.6. The smallest absolute Gasteiger partial charge is 0.261 e. The summed E-state index contributed by atoms with van der Waals surface area (Å²) in [6.45, 7) is 3.36. The molecule has 0 saturated heterocycles. The molecule has 0 fully saturated rings. The Kier molecular flexibility index (Phi) is 6.57. The zero-order valence-electron chi connectivity index (χ0n) is 20.8. The fraction of sp³-hybridized carbons (Fsp3) is 0.103. The molecular formula is C29H23FN4O4. The Balaban J connectivity index is 1.37. The molecule has 0 radical (unpaired) electrons. The standard InChI is InChI=1S/C29H23FN4O4/c1-16-14-18(30)4-9-21(16)22-15-32-17(2)26(28(22)35)29(36)33-19-5-7-20(8-6-19)38-24-12-13-31-23-10-11-25(37-3)34-27(23)24/h4-15H,1-3H3,(H,32,35)(H,33,36). The maximum atomic E-state index is 13.6. The predicted molar refractivity (Wildman–Crippen MR) is 141 cm³/mol. The molecule has 5 aromatic rings. The Bertz CT molecular complexity index is 1670. The van der Waals surface area contributed by atoms with Crippen molar-refractivity contribution in [3.05, 3.63) is 95.7 Å². The van der Waals surface area contributed by atoms with Gasteiger partial charge in [0.25, 0.3) is 5.91 Å². The number of amides is 1. The number of hydrogen-bond donors (Lipinski definition) is 2. The summed E-state index contributed by atoms with van der Waals surface area (Å²) in [6, 6.07) is 16.2. The number of benzene rings is 2. The number of methoxy groups -OCH3 is 1. The van der Waals surface area contributed by atoms with E-state index in [0.717, 1.165) is 0 Å². The summed E-state index contributed by atoms with van der Waals surface area (Å²) in [5.74, 6) is 0.334. The van der Waals surface area contributed by atoms with E-state index in [1.165, 1.54) is 25.4 Å². The summed E-state index contributed by atoms with van der Waals surface area (Å²) in [5, 5.41) is 13.7. The third kappa shape index (κ3) is 4.81. The highest BCUT2D eigenvalue weighted by molar-refractivity contribution is 6.08. The van der Waals surface area contributed by atoms with Gasteiger partial charge in [0.1, 0.15) is 28.4 Å². The van der Waals surface area contributed by atoms with E-state index >= 15 is 0 Å². The van der Waals surface area contributed by atoms with Crippen LogP contribution in [0.4, 0.5) is 10.1 Å². The number of carbonyl (C=O) groups excluding carboxylic acids is 1. The summed E-state index contributed by atoms with van der Waals surface area (Å²) >= 11 is 0. The summed E-state index contributed by atoms with van der Waals surface area (Å²) in [5.41, 5.74) is 3.64. The van der Waals surface area contributed by atoms with Crippen molar-refractivity contribution in [2.75, 3.05) is 12.4 Å². The van der Waals surface area contributed by atoms with Crippen molar-refractivity contribution in [3.8, 4) is 34.3 Å². The normalized spacial score (nSPS) is 10.8. The number of aromatic nitrogens is 3. The summed E-state index contributed by atoms with van der Waals surface area (Å²) in [4.78, 5) is 26.1. The van der Waals surface area contributed by atoms with Crippen LogP contribution in [0.2, 0.25) is 0 Å². The van der Waals surface area contributed by atoms with E-state index in [4.69, 9.17) is 9.47 Å². The summed E-state index contributed by atoms with van der Waals surface area (Å²) in [6.07, 6.45) is 3.10. The van der Waals surface area contributed by atoms with Crippen LogP contribution in [0, 0.1) is 19.7 Å². The van der Waals surface area contributed by atoms with Crippen LogP contribution in [0.3, 0.4) is 0 Å². The monoisotopic (exact) mass is 510 g/mol. The molecule has 0 aliphatic rings. The number of carbonyl (C=O) groups is 1. The molecule has 1 amide bonds. The maximum Gasteiger partial charge on any atom is 0.261 e. The Morgan fingerprint density at radius 1 is 0.974 bits per heavy atom. The Morgan fingerprint density at radius 2 is 1.76 bits per heavy atom. The van der Waals surface area contributed by atoms with Crippen LogP contribution in [0.5, 0.6) is 23.1 Å². The van der Waals surface area contributed by atoms with Gasteiger partial charge in [0.2, 0.25) is 5.88 Å². The van der Waals surface area contributed by atoms with Crippen LogP contribution in [0.1, 0.15) is 21.6 Å². The number of aryl methyl sites for hydroxylation is 2. The second-order valence-electron chi connectivity index (χ2n) is 8.55. The van der Waals surface area contributed by atoms with Gasteiger partial charge in [-0.3, -0.25) is 14.8 Å². The zero-order valence-corrected chi connectivity index (χ0v) is 20.8. The van der Waals surface area contributed by atoms with Crippen molar-refractivity contribution in [2.24, 2.45) is 0 Å². The molecule has 0 spiro atoms. The molecule has 2 aromatic carbocycles. The molecule has 5 rings (SSSR count). The lowest BCUT2D eigenvalue weighted by Gasteiger charge is -2.14. The first-order chi connectivity index (χ1) is 18.3. The summed E-state index contributed by atoms with van der Waals surface area (Å²) in [7, 11) is 1.54. The second kappa shape index (κ2) is 10.1. The Labute approximate surface area is 217 Å². The number of fused-ring (bicyclic) bond motifs is 1. The van der Waals surface area contributed by atoms with Crippen LogP contribution in [0.15, 0.2) is 73.1 Å². The minimum absolute atomic E-state index is 0.0369. The number of anilines is 1. The first-order valence-corrected chi connectivity index (χ1v) is 11.7. The highest BCUT2D eigenvalue weighted by Crippen LogP contribution is 2.35. The van der Waals surface area contributed by atoms with Gasteiger partial charge >= 0.3 is 0 Å². The second-order valence-corrected chi connectivity index (χ2v) is 8.55. The van der Waals surface area contributed by atoms with Crippen molar-refractivity contribution in [1.29, 1.82) is 0 Å². The molecule has 3 aromatic heterocycles. The van der Waals surface area contributed by atoms with Crippen LogP contribution in [-0.4, -0.2) is 33.1 Å². The molecule has 0 bridgehead atoms. The first kappa shape index (κ1) is 24.6. The minimum Gasteiger partial charge on any atom is -0.506 e. The van der Waals surface area contributed by atoms with E-state index in [1.54, 1.807) is 68.6 Å². The third-order valence-corrected chi connectivity index (χ3v) is 6.02. The quantitative estimate of drug-likeness (QED) is 0.280. The summed E-state index contributed by atoms with van der Waals surface area (Å²) < 4.78 is 24.8. The third-order valence-electron chi connectivity index (χ3n) is 6.02. The highest BCUT2D eigenvalue weighted by atomic mass is 19.1. The lowest BCUT2D eigenvalue weighted by Crippen LogP contribution is -2.15. The first-order valence-electron chi connectivity index (χ1n) is 11.7. The van der Waals surface area contributed by atoms with Crippen LogP contribution in [0.25, 0.3) is 22.2 Å². The Morgan fingerprint density at radius 3 is 2.50 bits per heavy atom. The van der Waals surface area contributed by atoms with Gasteiger partial charge in [-0.25, -0.2) is 9.37 Å². The lowest BCUT2D eigenvalue weighted by atomic mass is 9.98. The number of aromatic hydroxyl groups is 1. The number of pyridine rings is 3. The number of nitrogens with zero attached hydrogens (tertiary/aromatic N) is 3. The molecule has 0 atom stereocenters. The average Bonchev–Trinajstić information content (AvgIpc) is 2.90. The minimum atomic E-state index is -0.529. The van der Waals surface area contributed by atoms with Crippen LogP contribution in [-0.2, 0) is 0 Å². The van der Waals surface area contributed by atoms with E-state index in [9.17, 15) is 14.3 Å². The fourth-order valence-corrected chi connectivity index (χ4v) is 4.10. The molecule has 3 heterocycles. The zero-order chi connectivity index (χ0) is 26.8. The molecule has 0 aliphatic carbocycles. The van der Waals surface area contributed by atoms with Gasteiger partial charge in [-0.15, -0.1) is 0 Å². The molecule has 8 nitrogen and oxygen atoms in total. The van der Waals surface area contributed by atoms with Gasteiger partial charge in [-0.2, -0.15) is 0 Å². The molecule has 0 unspecified atom stereocenters. The van der Waals surface area contributed by atoms with Crippen molar-refractivity contribution in [2.45, 2.75) is 13.8 Å². The lowest BCUT2D eigenvalue weighted by molar-refractivity contribution is 0.102. The van der Waals surface area contributed by atoms with Crippen molar-refractivity contribution < 1.29 is 23.8 Å².